The number of ether oxygens (including phenoxy) is 1. The van der Waals surface area contributed by atoms with E-state index in [4.69, 9.17) is 4.74 Å². The molecule has 2 heterocycles. The van der Waals surface area contributed by atoms with Crippen molar-refractivity contribution in [3.63, 3.8) is 0 Å². The van der Waals surface area contributed by atoms with Gasteiger partial charge < -0.3 is 43.8 Å². The zero-order valence-electron chi connectivity index (χ0n) is 23.3. The van der Waals surface area contributed by atoms with Gasteiger partial charge in [0.1, 0.15) is 22.8 Å². The molecule has 1 saturated heterocycles. The Bertz CT molecular complexity index is 1750. The van der Waals surface area contributed by atoms with Crippen molar-refractivity contribution in [2.24, 2.45) is 0 Å². The molecular weight excluding hydrogens is 630 g/mol. The van der Waals surface area contributed by atoms with E-state index in [1.807, 2.05) is 0 Å². The number of aromatic carboxylic acids is 1. The van der Waals surface area contributed by atoms with Gasteiger partial charge >= 0.3 is 27.3 Å². The molecule has 1 amide bonds. The van der Waals surface area contributed by atoms with Crippen LogP contribution in [-0.2, 0) is 22.1 Å². The predicted octanol–water partition coefficient (Wildman–Crippen LogP) is 2.93. The van der Waals surface area contributed by atoms with Crippen LogP contribution in [0.5, 0.6) is 5.75 Å². The fraction of sp³-hybridized carbons (Fsp3) is 0.346. The number of halogens is 2. The lowest BCUT2D eigenvalue weighted by atomic mass is 10.1. The van der Waals surface area contributed by atoms with Crippen molar-refractivity contribution < 1.29 is 56.9 Å². The molecule has 0 radical (unpaired) electrons. The standard InChI is InChI=1S/C26H29F2N3O11P2/c1-3-29-13-18(25(33)34)24(32)17-11-19(27)23(21(28)22(17)29)30-8-9-31(14(2)12-30)26(35)42-16-6-4-15(5-7-16)10-20(43(36,37)38)44(39,40)41/h4-7,11,13-14,20H,3,8-10,12H2,1-2H3,(H,33,34)(H2,36,37,38)(H2,39,40,41). The summed E-state index contributed by atoms with van der Waals surface area (Å²) in [6.07, 6.45) is -0.415. The van der Waals surface area contributed by atoms with Gasteiger partial charge in [0, 0.05) is 38.4 Å². The predicted molar refractivity (Wildman–Crippen MR) is 153 cm³/mol. The number of carbonyl (C=O) groups is 2. The van der Waals surface area contributed by atoms with Crippen LogP contribution < -0.4 is 15.1 Å². The molecule has 0 saturated carbocycles. The highest BCUT2D eigenvalue weighted by Gasteiger charge is 2.43. The highest BCUT2D eigenvalue weighted by molar-refractivity contribution is 7.70. The quantitative estimate of drug-likeness (QED) is 0.221. The van der Waals surface area contributed by atoms with E-state index in [9.17, 15) is 48.2 Å². The molecule has 238 valence electrons. The minimum atomic E-state index is -5.12. The molecule has 3 aromatic rings. The molecule has 0 spiro atoms. The van der Waals surface area contributed by atoms with Crippen molar-refractivity contribution in [3.05, 3.63) is 69.5 Å². The third-order valence-electron chi connectivity index (χ3n) is 7.30. The highest BCUT2D eigenvalue weighted by atomic mass is 31.2. The number of nitrogens with zero attached hydrogens (tertiary/aromatic N) is 3. The number of aromatic nitrogens is 1. The topological polar surface area (TPSA) is 207 Å². The zero-order chi connectivity index (χ0) is 32.7. The second kappa shape index (κ2) is 12.4. The molecule has 1 aromatic heterocycles. The van der Waals surface area contributed by atoms with E-state index in [0.29, 0.717) is 0 Å². The van der Waals surface area contributed by atoms with E-state index in [2.05, 4.69) is 0 Å². The van der Waals surface area contributed by atoms with Crippen LogP contribution in [0.15, 0.2) is 41.3 Å². The number of rotatable bonds is 8. The van der Waals surface area contributed by atoms with Crippen molar-refractivity contribution in [2.75, 3.05) is 24.5 Å². The maximum Gasteiger partial charge on any atom is 0.415 e. The Labute approximate surface area is 248 Å². The fourth-order valence-electron chi connectivity index (χ4n) is 5.10. The lowest BCUT2D eigenvalue weighted by Gasteiger charge is -2.40. The largest absolute Gasteiger partial charge is 0.477 e. The van der Waals surface area contributed by atoms with E-state index in [0.717, 1.165) is 12.3 Å². The van der Waals surface area contributed by atoms with Gasteiger partial charge in [0.25, 0.3) is 0 Å². The van der Waals surface area contributed by atoms with Crippen molar-refractivity contribution in [3.8, 4) is 5.75 Å². The first kappa shape index (κ1) is 33.2. The van der Waals surface area contributed by atoms with Gasteiger partial charge in [-0.05, 0) is 44.0 Å². The Morgan fingerprint density at radius 2 is 1.68 bits per heavy atom. The summed E-state index contributed by atoms with van der Waals surface area (Å²) in [4.78, 5) is 77.0. The fourth-order valence-corrected chi connectivity index (χ4v) is 7.56. The number of piperazine rings is 1. The van der Waals surface area contributed by atoms with Gasteiger partial charge in [-0.15, -0.1) is 0 Å². The van der Waals surface area contributed by atoms with Crippen LogP contribution in [0.1, 0.15) is 29.8 Å². The van der Waals surface area contributed by atoms with Gasteiger partial charge in [0.15, 0.2) is 11.2 Å². The Balaban J connectivity index is 1.50. The lowest BCUT2D eigenvalue weighted by Crippen LogP contribution is -2.55. The molecule has 44 heavy (non-hydrogen) atoms. The molecule has 1 atom stereocenters. The molecule has 1 aliphatic rings. The molecule has 14 nitrogen and oxygen atoms in total. The number of hydrogen-bond acceptors (Lipinski definition) is 7. The average molecular weight is 659 g/mol. The van der Waals surface area contributed by atoms with E-state index < -0.39 is 78.8 Å². The summed E-state index contributed by atoms with van der Waals surface area (Å²) in [7, 11) is -10.2. The van der Waals surface area contributed by atoms with Crippen LogP contribution in [0, 0.1) is 11.6 Å². The normalized spacial score (nSPS) is 16.1. The molecule has 18 heteroatoms. The van der Waals surface area contributed by atoms with E-state index in [1.54, 1.807) is 13.8 Å². The molecule has 0 bridgehead atoms. The first-order valence-electron chi connectivity index (χ1n) is 13.1. The number of benzene rings is 2. The van der Waals surface area contributed by atoms with Crippen molar-refractivity contribution in [1.29, 1.82) is 0 Å². The number of carboxylic acids is 1. The summed E-state index contributed by atoms with van der Waals surface area (Å²) in [5.41, 5.74) is -2.13. The van der Waals surface area contributed by atoms with Gasteiger partial charge in [-0.1, -0.05) is 12.1 Å². The molecule has 5 N–H and O–H groups in total. The summed E-state index contributed by atoms with van der Waals surface area (Å²) < 4.78 is 60.7. The Kier molecular flexibility index (Phi) is 9.36. The average Bonchev–Trinajstić information content (AvgIpc) is 2.91. The first-order valence-corrected chi connectivity index (χ1v) is 16.5. The van der Waals surface area contributed by atoms with Crippen LogP contribution in [-0.4, -0.2) is 77.3 Å². The molecular formula is C26H29F2N3O11P2. The second-order valence-electron chi connectivity index (χ2n) is 10.2. The first-order chi connectivity index (χ1) is 20.4. The smallest absolute Gasteiger partial charge is 0.415 e. The molecule has 1 unspecified atom stereocenters. The van der Waals surface area contributed by atoms with E-state index >= 15 is 8.78 Å². The maximum absolute atomic E-state index is 15.8. The summed E-state index contributed by atoms with van der Waals surface area (Å²) in [5, 5.41) is 6.69. The third-order valence-corrected chi connectivity index (χ3v) is 11.0. The Morgan fingerprint density at radius 3 is 2.20 bits per heavy atom. The lowest BCUT2D eigenvalue weighted by molar-refractivity contribution is 0.0694. The molecule has 2 aromatic carbocycles. The SMILES string of the molecule is CCn1cc(C(=O)O)c(=O)c2cc(F)c(N3CCN(C(=O)Oc4ccc(CC(P(=O)(O)O)P(=O)(O)O)cc4)C(C)C3)c(F)c21. The number of pyridine rings is 1. The van der Waals surface area contributed by atoms with E-state index in [-0.39, 0.29) is 43.0 Å². The summed E-state index contributed by atoms with van der Waals surface area (Å²) >= 11 is 0. The van der Waals surface area contributed by atoms with Crippen molar-refractivity contribution >= 4 is 43.8 Å². The number of amides is 1. The minimum Gasteiger partial charge on any atom is -0.477 e. The summed E-state index contributed by atoms with van der Waals surface area (Å²) in [6.45, 7) is 3.28. The number of hydrogen-bond donors (Lipinski definition) is 5. The third kappa shape index (κ3) is 6.70. The Morgan fingerprint density at radius 1 is 1.07 bits per heavy atom. The highest BCUT2D eigenvalue weighted by Crippen LogP contribution is 2.60. The number of anilines is 1. The number of fused-ring (bicyclic) bond motifs is 1. The van der Waals surface area contributed by atoms with Gasteiger partial charge in [-0.25, -0.2) is 18.4 Å². The van der Waals surface area contributed by atoms with Crippen molar-refractivity contribution in [2.45, 2.75) is 38.3 Å². The van der Waals surface area contributed by atoms with Crippen LogP contribution in [0.25, 0.3) is 10.9 Å². The van der Waals surface area contributed by atoms with Gasteiger partial charge in [0.2, 0.25) is 5.43 Å². The number of aryl methyl sites for hydroxylation is 1. The van der Waals surface area contributed by atoms with Crippen LogP contribution in [0.4, 0.5) is 19.3 Å². The molecule has 4 rings (SSSR count). The second-order valence-corrected chi connectivity index (χ2v) is 14.3. The summed E-state index contributed by atoms with van der Waals surface area (Å²) in [6, 6.07) is 5.36. The molecule has 1 fully saturated rings. The molecule has 1 aliphatic heterocycles. The van der Waals surface area contributed by atoms with Crippen LogP contribution >= 0.6 is 15.2 Å². The zero-order valence-corrected chi connectivity index (χ0v) is 25.1. The van der Waals surface area contributed by atoms with Crippen LogP contribution in [0.2, 0.25) is 0 Å². The minimum absolute atomic E-state index is 0.0141. The number of carbonyl (C=O) groups excluding carboxylic acids is 1. The summed E-state index contributed by atoms with van der Waals surface area (Å²) in [5.74, 6) is -3.60. The number of carboxylic acid groups (broad SMARTS) is 1. The monoisotopic (exact) mass is 659 g/mol. The van der Waals surface area contributed by atoms with E-state index in [1.165, 1.54) is 38.6 Å². The van der Waals surface area contributed by atoms with Gasteiger partial charge in [0.05, 0.1) is 10.9 Å². The molecule has 0 aliphatic carbocycles. The Hall–Kier alpha value is -3.65. The maximum atomic E-state index is 15.8. The van der Waals surface area contributed by atoms with Gasteiger partial charge in [-0.3, -0.25) is 13.9 Å². The van der Waals surface area contributed by atoms with Crippen LogP contribution in [0.3, 0.4) is 0 Å². The van der Waals surface area contributed by atoms with Gasteiger partial charge in [-0.2, -0.15) is 0 Å². The van der Waals surface area contributed by atoms with Crippen molar-refractivity contribution in [1.82, 2.24) is 9.47 Å².